The lowest BCUT2D eigenvalue weighted by Gasteiger charge is -2.34. The SMILES string of the molecule is Cc1ccc(C2=NO[C@@H](CC3(C(=O)O)CCNCC3)C2)cc1. The molecular formula is C17H22N2O3. The summed E-state index contributed by atoms with van der Waals surface area (Å²) in [6.45, 7) is 3.56. The fraction of sp³-hybridized carbons (Fsp3) is 0.529. The summed E-state index contributed by atoms with van der Waals surface area (Å²) < 4.78 is 0. The molecule has 0 amide bonds. The highest BCUT2D eigenvalue weighted by Gasteiger charge is 2.43. The number of oxime groups is 1. The molecule has 5 nitrogen and oxygen atoms in total. The number of nitrogens with zero attached hydrogens (tertiary/aromatic N) is 1. The molecule has 2 N–H and O–H groups in total. The van der Waals surface area contributed by atoms with E-state index in [1.165, 1.54) is 5.56 Å². The van der Waals surface area contributed by atoms with Crippen molar-refractivity contribution < 1.29 is 14.7 Å². The van der Waals surface area contributed by atoms with Gasteiger partial charge in [0, 0.05) is 12.8 Å². The molecule has 118 valence electrons. The van der Waals surface area contributed by atoms with E-state index in [9.17, 15) is 9.90 Å². The maximum Gasteiger partial charge on any atom is 0.309 e. The Bertz CT molecular complexity index is 574. The van der Waals surface area contributed by atoms with Crippen LogP contribution in [0.15, 0.2) is 29.4 Å². The zero-order valence-corrected chi connectivity index (χ0v) is 12.8. The second kappa shape index (κ2) is 6.08. The number of carboxylic acids is 1. The van der Waals surface area contributed by atoms with Crippen LogP contribution < -0.4 is 5.32 Å². The van der Waals surface area contributed by atoms with Gasteiger partial charge < -0.3 is 15.3 Å². The Morgan fingerprint density at radius 1 is 1.36 bits per heavy atom. The van der Waals surface area contributed by atoms with Crippen LogP contribution in [0, 0.1) is 12.3 Å². The monoisotopic (exact) mass is 302 g/mol. The van der Waals surface area contributed by atoms with Gasteiger partial charge in [-0.25, -0.2) is 0 Å². The molecule has 22 heavy (non-hydrogen) atoms. The molecule has 0 aliphatic carbocycles. The van der Waals surface area contributed by atoms with Crippen molar-refractivity contribution in [3.05, 3.63) is 35.4 Å². The topological polar surface area (TPSA) is 70.9 Å². The normalized spacial score (nSPS) is 23.7. The minimum absolute atomic E-state index is 0.134. The molecule has 0 saturated carbocycles. The second-order valence-corrected chi connectivity index (χ2v) is 6.38. The number of benzene rings is 1. The van der Waals surface area contributed by atoms with Crippen LogP contribution in [0.5, 0.6) is 0 Å². The first-order chi connectivity index (χ1) is 10.6. The average Bonchev–Trinajstić information content (AvgIpc) is 2.97. The maximum atomic E-state index is 11.7. The highest BCUT2D eigenvalue weighted by Crippen LogP contribution is 2.37. The van der Waals surface area contributed by atoms with E-state index in [2.05, 4.69) is 22.6 Å². The third-order valence-corrected chi connectivity index (χ3v) is 4.75. The van der Waals surface area contributed by atoms with Crippen LogP contribution in [0.2, 0.25) is 0 Å². The number of hydrogen-bond donors (Lipinski definition) is 2. The van der Waals surface area contributed by atoms with E-state index in [4.69, 9.17) is 4.84 Å². The van der Waals surface area contributed by atoms with Gasteiger partial charge in [0.2, 0.25) is 0 Å². The number of hydrogen-bond acceptors (Lipinski definition) is 4. The van der Waals surface area contributed by atoms with Gasteiger partial charge in [-0.1, -0.05) is 35.0 Å². The van der Waals surface area contributed by atoms with Crippen LogP contribution in [0.3, 0.4) is 0 Å². The van der Waals surface area contributed by atoms with Crippen LogP contribution in [-0.4, -0.2) is 36.0 Å². The molecule has 5 heteroatoms. The Labute approximate surface area is 130 Å². The van der Waals surface area contributed by atoms with Crippen LogP contribution in [-0.2, 0) is 9.63 Å². The van der Waals surface area contributed by atoms with E-state index >= 15 is 0 Å². The summed E-state index contributed by atoms with van der Waals surface area (Å²) in [4.78, 5) is 17.3. The first kappa shape index (κ1) is 15.0. The molecule has 1 atom stereocenters. The number of carbonyl (C=O) groups is 1. The van der Waals surface area contributed by atoms with Gasteiger partial charge in [0.05, 0.1) is 11.1 Å². The Balaban J connectivity index is 1.66. The number of aryl methyl sites for hydroxylation is 1. The molecule has 1 fully saturated rings. The van der Waals surface area contributed by atoms with Gasteiger partial charge >= 0.3 is 5.97 Å². The molecule has 2 aliphatic heterocycles. The summed E-state index contributed by atoms with van der Waals surface area (Å²) in [5.41, 5.74) is 2.51. The summed E-state index contributed by atoms with van der Waals surface area (Å²) in [7, 11) is 0. The summed E-state index contributed by atoms with van der Waals surface area (Å²) in [6.07, 6.45) is 2.39. The number of carboxylic acid groups (broad SMARTS) is 1. The lowest BCUT2D eigenvalue weighted by Crippen LogP contribution is -2.44. The Kier molecular flexibility index (Phi) is 4.16. The summed E-state index contributed by atoms with van der Waals surface area (Å²) in [5.74, 6) is -0.707. The van der Waals surface area contributed by atoms with E-state index in [1.54, 1.807) is 0 Å². The van der Waals surface area contributed by atoms with Crippen molar-refractivity contribution in [2.75, 3.05) is 13.1 Å². The van der Waals surface area contributed by atoms with Gasteiger partial charge in [-0.3, -0.25) is 4.79 Å². The van der Waals surface area contributed by atoms with Crippen molar-refractivity contribution in [3.63, 3.8) is 0 Å². The molecule has 0 unspecified atom stereocenters. The van der Waals surface area contributed by atoms with E-state index in [0.29, 0.717) is 25.7 Å². The first-order valence-electron chi connectivity index (χ1n) is 7.83. The second-order valence-electron chi connectivity index (χ2n) is 6.38. The molecule has 1 aromatic rings. The molecule has 3 rings (SSSR count). The summed E-state index contributed by atoms with van der Waals surface area (Å²) >= 11 is 0. The van der Waals surface area contributed by atoms with Gasteiger partial charge in [0.15, 0.2) is 0 Å². The zero-order chi connectivity index (χ0) is 15.6. The van der Waals surface area contributed by atoms with Gasteiger partial charge in [-0.15, -0.1) is 0 Å². The predicted molar refractivity (Wildman–Crippen MR) is 84.0 cm³/mol. The van der Waals surface area contributed by atoms with Crippen LogP contribution >= 0.6 is 0 Å². The van der Waals surface area contributed by atoms with E-state index < -0.39 is 11.4 Å². The lowest BCUT2D eigenvalue weighted by atomic mass is 9.74. The van der Waals surface area contributed by atoms with Crippen molar-refractivity contribution in [1.29, 1.82) is 0 Å². The van der Waals surface area contributed by atoms with Crippen molar-refractivity contribution >= 4 is 11.7 Å². The molecule has 0 spiro atoms. The molecule has 0 bridgehead atoms. The third kappa shape index (κ3) is 2.99. The van der Waals surface area contributed by atoms with Crippen molar-refractivity contribution in [2.45, 2.75) is 38.7 Å². The fourth-order valence-electron chi connectivity index (χ4n) is 3.30. The Hall–Kier alpha value is -1.88. The number of piperidine rings is 1. The maximum absolute atomic E-state index is 11.7. The van der Waals surface area contributed by atoms with Crippen LogP contribution in [0.25, 0.3) is 0 Å². The average molecular weight is 302 g/mol. The minimum Gasteiger partial charge on any atom is -0.481 e. The number of aliphatic carboxylic acids is 1. The van der Waals surface area contributed by atoms with Gasteiger partial charge in [0.25, 0.3) is 0 Å². The molecular weight excluding hydrogens is 280 g/mol. The van der Waals surface area contributed by atoms with Crippen molar-refractivity contribution in [2.24, 2.45) is 10.6 Å². The smallest absolute Gasteiger partial charge is 0.309 e. The van der Waals surface area contributed by atoms with Crippen molar-refractivity contribution in [1.82, 2.24) is 5.32 Å². The third-order valence-electron chi connectivity index (χ3n) is 4.75. The van der Waals surface area contributed by atoms with E-state index in [-0.39, 0.29) is 6.10 Å². The molecule has 2 heterocycles. The lowest BCUT2D eigenvalue weighted by molar-refractivity contribution is -0.153. The first-order valence-corrected chi connectivity index (χ1v) is 7.83. The minimum atomic E-state index is -0.707. The van der Waals surface area contributed by atoms with Crippen LogP contribution in [0.1, 0.15) is 36.8 Å². The summed E-state index contributed by atoms with van der Waals surface area (Å²) in [5, 5.41) is 17.0. The number of nitrogens with one attached hydrogen (secondary N) is 1. The summed E-state index contributed by atoms with van der Waals surface area (Å²) in [6, 6.07) is 8.18. The van der Waals surface area contributed by atoms with Gasteiger partial charge in [-0.05, 0) is 38.4 Å². The van der Waals surface area contributed by atoms with Crippen molar-refractivity contribution in [3.8, 4) is 0 Å². The molecule has 0 aromatic heterocycles. The molecule has 2 aliphatic rings. The highest BCUT2D eigenvalue weighted by atomic mass is 16.6. The van der Waals surface area contributed by atoms with Gasteiger partial charge in [-0.2, -0.15) is 0 Å². The van der Waals surface area contributed by atoms with Crippen LogP contribution in [0.4, 0.5) is 0 Å². The molecule has 0 radical (unpaired) electrons. The fourth-order valence-corrected chi connectivity index (χ4v) is 3.30. The zero-order valence-electron chi connectivity index (χ0n) is 12.8. The Morgan fingerprint density at radius 2 is 2.05 bits per heavy atom. The Morgan fingerprint density at radius 3 is 2.68 bits per heavy atom. The molecule has 1 saturated heterocycles. The number of rotatable bonds is 4. The van der Waals surface area contributed by atoms with E-state index in [0.717, 1.165) is 24.4 Å². The van der Waals surface area contributed by atoms with E-state index in [1.807, 2.05) is 19.1 Å². The molecule has 1 aromatic carbocycles. The predicted octanol–water partition coefficient (Wildman–Crippen LogP) is 2.33. The van der Waals surface area contributed by atoms with Gasteiger partial charge in [0.1, 0.15) is 6.10 Å². The largest absolute Gasteiger partial charge is 0.481 e. The standard InChI is InChI=1S/C17H22N2O3/c1-12-2-4-13(5-3-12)15-10-14(22-19-15)11-17(16(20)21)6-8-18-9-7-17/h2-5,14,18H,6-11H2,1H3,(H,20,21)/t14-/m1/s1. The highest BCUT2D eigenvalue weighted by molar-refractivity contribution is 6.01. The quantitative estimate of drug-likeness (QED) is 0.895.